The van der Waals surface area contributed by atoms with E-state index in [0.29, 0.717) is 5.92 Å². The Morgan fingerprint density at radius 1 is 1.33 bits per heavy atom. The van der Waals surface area contributed by atoms with Crippen LogP contribution in [0.3, 0.4) is 0 Å². The van der Waals surface area contributed by atoms with Crippen LogP contribution in [0, 0.1) is 5.92 Å². The van der Waals surface area contributed by atoms with Crippen molar-refractivity contribution < 1.29 is 18.0 Å². The molecule has 1 aromatic rings. The van der Waals surface area contributed by atoms with Gasteiger partial charge in [-0.15, -0.1) is 0 Å². The minimum Gasteiger partial charge on any atom is -0.329 e. The maximum atomic E-state index is 12.6. The number of hydrogen-bond acceptors (Lipinski definition) is 2. The molecule has 2 rings (SSSR count). The molecule has 1 aliphatic carbocycles. The molecule has 1 aromatic heterocycles. The Morgan fingerprint density at radius 3 is 2.62 bits per heavy atom. The van der Waals surface area contributed by atoms with Gasteiger partial charge in [0.05, 0.1) is 0 Å². The first kappa shape index (κ1) is 16.3. The zero-order valence-electron chi connectivity index (χ0n) is 11.9. The number of rotatable bonds is 6. The largest absolute Gasteiger partial charge is 0.406 e. The molecule has 118 valence electrons. The van der Waals surface area contributed by atoms with Crippen LogP contribution < -0.4 is 0 Å². The Hall–Kier alpha value is -1.04. The molecule has 0 saturated heterocycles. The molecule has 0 radical (unpaired) electrons. The summed E-state index contributed by atoms with van der Waals surface area (Å²) >= 11 is 1.43. The number of alkyl halides is 3. The monoisotopic (exact) mass is 319 g/mol. The van der Waals surface area contributed by atoms with Crippen molar-refractivity contribution in [2.75, 3.05) is 6.54 Å². The van der Waals surface area contributed by atoms with Gasteiger partial charge in [-0.3, -0.25) is 4.79 Å². The third kappa shape index (κ3) is 5.69. The van der Waals surface area contributed by atoms with Gasteiger partial charge in [-0.25, -0.2) is 0 Å². The summed E-state index contributed by atoms with van der Waals surface area (Å²) in [5.41, 5.74) is 0.762. The van der Waals surface area contributed by atoms with Crippen molar-refractivity contribution in [1.82, 2.24) is 4.90 Å². The highest BCUT2D eigenvalue weighted by Gasteiger charge is 2.33. The van der Waals surface area contributed by atoms with Crippen molar-refractivity contribution in [2.45, 2.75) is 51.2 Å². The normalized spacial score (nSPS) is 16.3. The molecule has 2 nitrogen and oxygen atoms in total. The lowest BCUT2D eigenvalue weighted by molar-refractivity contribution is -0.162. The molecule has 1 amide bonds. The first-order chi connectivity index (χ1) is 9.94. The molecular formula is C15H20F3NOS. The molecule has 0 bridgehead atoms. The first-order valence-electron chi connectivity index (χ1n) is 7.29. The van der Waals surface area contributed by atoms with Crippen LogP contribution in [0.1, 0.15) is 44.1 Å². The van der Waals surface area contributed by atoms with Gasteiger partial charge in [-0.2, -0.15) is 24.5 Å². The number of halogens is 3. The van der Waals surface area contributed by atoms with Gasteiger partial charge in [0.25, 0.3) is 0 Å². The van der Waals surface area contributed by atoms with E-state index in [4.69, 9.17) is 0 Å². The first-order valence-corrected chi connectivity index (χ1v) is 8.24. The van der Waals surface area contributed by atoms with Crippen LogP contribution in [0.2, 0.25) is 0 Å². The van der Waals surface area contributed by atoms with Crippen LogP contribution >= 0.6 is 11.3 Å². The molecule has 0 unspecified atom stereocenters. The standard InChI is InChI=1S/C15H20F3NOS/c16-15(17,18)11-19(9-13-7-8-21-10-13)14(20)6-5-12-3-1-2-4-12/h7-8,10,12H,1-6,9,11H2. The van der Waals surface area contributed by atoms with E-state index in [1.807, 2.05) is 5.38 Å². The predicted molar refractivity (Wildman–Crippen MR) is 77.0 cm³/mol. The van der Waals surface area contributed by atoms with E-state index < -0.39 is 12.7 Å². The molecular weight excluding hydrogens is 299 g/mol. The Morgan fingerprint density at radius 2 is 2.05 bits per heavy atom. The molecule has 21 heavy (non-hydrogen) atoms. The lowest BCUT2D eigenvalue weighted by atomic mass is 10.0. The third-order valence-corrected chi connectivity index (χ3v) is 4.65. The minimum atomic E-state index is -4.35. The van der Waals surface area contributed by atoms with E-state index in [-0.39, 0.29) is 18.9 Å². The fourth-order valence-electron chi connectivity index (χ4n) is 2.84. The van der Waals surface area contributed by atoms with Crippen LogP contribution in [0.15, 0.2) is 16.8 Å². The molecule has 0 spiro atoms. The van der Waals surface area contributed by atoms with Gasteiger partial charge in [0.1, 0.15) is 6.54 Å². The summed E-state index contributed by atoms with van der Waals surface area (Å²) in [6, 6.07) is 1.76. The van der Waals surface area contributed by atoms with Gasteiger partial charge in [-0.05, 0) is 34.7 Å². The van der Waals surface area contributed by atoms with E-state index >= 15 is 0 Å². The lowest BCUT2D eigenvalue weighted by Gasteiger charge is -2.24. The quantitative estimate of drug-likeness (QED) is 0.750. The van der Waals surface area contributed by atoms with Crippen molar-refractivity contribution in [3.8, 4) is 0 Å². The molecule has 1 saturated carbocycles. The second-order valence-corrected chi connectivity index (χ2v) is 6.47. The van der Waals surface area contributed by atoms with Crippen molar-refractivity contribution in [1.29, 1.82) is 0 Å². The number of carbonyl (C=O) groups is 1. The molecule has 6 heteroatoms. The lowest BCUT2D eigenvalue weighted by Crippen LogP contribution is -2.38. The summed E-state index contributed by atoms with van der Waals surface area (Å²) in [6.07, 6.45) is 1.18. The highest BCUT2D eigenvalue weighted by Crippen LogP contribution is 2.29. The molecule has 1 aliphatic rings. The zero-order valence-corrected chi connectivity index (χ0v) is 12.7. The third-order valence-electron chi connectivity index (χ3n) is 3.92. The average molecular weight is 319 g/mol. The summed E-state index contributed by atoms with van der Waals surface area (Å²) in [5, 5.41) is 3.59. The zero-order chi connectivity index (χ0) is 15.3. The topological polar surface area (TPSA) is 20.3 Å². The molecule has 0 N–H and O–H groups in total. The van der Waals surface area contributed by atoms with Crippen molar-refractivity contribution in [3.05, 3.63) is 22.4 Å². The van der Waals surface area contributed by atoms with E-state index in [1.54, 1.807) is 11.4 Å². The fraction of sp³-hybridized carbons (Fsp3) is 0.667. The summed E-state index contributed by atoms with van der Waals surface area (Å²) in [6.45, 7) is -1.11. The summed E-state index contributed by atoms with van der Waals surface area (Å²) in [7, 11) is 0. The van der Waals surface area contributed by atoms with E-state index in [2.05, 4.69) is 0 Å². The van der Waals surface area contributed by atoms with Crippen molar-refractivity contribution in [3.63, 3.8) is 0 Å². The number of nitrogens with zero attached hydrogens (tertiary/aromatic N) is 1. The number of amides is 1. The second-order valence-electron chi connectivity index (χ2n) is 5.69. The van der Waals surface area contributed by atoms with Crippen molar-refractivity contribution >= 4 is 17.2 Å². The van der Waals surface area contributed by atoms with Gasteiger partial charge in [0.15, 0.2) is 0 Å². The van der Waals surface area contributed by atoms with Gasteiger partial charge < -0.3 is 4.90 Å². The molecule has 0 aliphatic heterocycles. The summed E-state index contributed by atoms with van der Waals surface area (Å²) in [5.74, 6) is 0.133. The smallest absolute Gasteiger partial charge is 0.329 e. The van der Waals surface area contributed by atoms with Gasteiger partial charge in [0.2, 0.25) is 5.91 Å². The number of carbonyl (C=O) groups excluding carboxylic acids is 1. The maximum Gasteiger partial charge on any atom is 0.406 e. The van der Waals surface area contributed by atoms with E-state index in [1.165, 1.54) is 24.2 Å². The summed E-state index contributed by atoms with van der Waals surface area (Å²) in [4.78, 5) is 13.1. The second kappa shape index (κ2) is 7.29. The molecule has 1 fully saturated rings. The van der Waals surface area contributed by atoms with Crippen LogP contribution in [-0.2, 0) is 11.3 Å². The van der Waals surface area contributed by atoms with Crippen LogP contribution in [0.5, 0.6) is 0 Å². The van der Waals surface area contributed by atoms with Crippen LogP contribution in [0.4, 0.5) is 13.2 Å². The van der Waals surface area contributed by atoms with E-state index in [0.717, 1.165) is 29.7 Å². The number of hydrogen-bond donors (Lipinski definition) is 0. The minimum absolute atomic E-state index is 0.0481. The molecule has 0 atom stereocenters. The number of thiophene rings is 1. The molecule has 1 heterocycles. The Kier molecular flexibility index (Phi) is 5.67. The van der Waals surface area contributed by atoms with Crippen molar-refractivity contribution in [2.24, 2.45) is 5.92 Å². The highest BCUT2D eigenvalue weighted by atomic mass is 32.1. The average Bonchev–Trinajstić information content (AvgIpc) is 3.06. The van der Waals surface area contributed by atoms with Gasteiger partial charge in [-0.1, -0.05) is 25.7 Å². The van der Waals surface area contributed by atoms with Crippen LogP contribution in [0.25, 0.3) is 0 Å². The molecule has 0 aromatic carbocycles. The Balaban J connectivity index is 1.91. The maximum absolute atomic E-state index is 12.6. The van der Waals surface area contributed by atoms with Crippen LogP contribution in [-0.4, -0.2) is 23.5 Å². The summed E-state index contributed by atoms with van der Waals surface area (Å²) < 4.78 is 37.9. The fourth-order valence-corrected chi connectivity index (χ4v) is 3.50. The highest BCUT2D eigenvalue weighted by molar-refractivity contribution is 7.07. The Bertz CT molecular complexity index is 438. The SMILES string of the molecule is O=C(CCC1CCCC1)N(Cc1ccsc1)CC(F)(F)F. The van der Waals surface area contributed by atoms with E-state index in [9.17, 15) is 18.0 Å². The Labute approximate surface area is 126 Å². The van der Waals surface area contributed by atoms with Gasteiger partial charge >= 0.3 is 6.18 Å². The van der Waals surface area contributed by atoms with Gasteiger partial charge in [0, 0.05) is 13.0 Å². The predicted octanol–water partition coefficient (Wildman–Crippen LogP) is 4.61.